The molecule has 0 aromatic rings. The Morgan fingerprint density at radius 3 is 2.28 bits per heavy atom. The predicted octanol–water partition coefficient (Wildman–Crippen LogP) is 0.997. The highest BCUT2D eigenvalue weighted by Crippen LogP contribution is 2.30. The number of likely N-dealkylation sites (tertiary alicyclic amines) is 1. The summed E-state index contributed by atoms with van der Waals surface area (Å²) in [5.74, 6) is -0.523. The van der Waals surface area contributed by atoms with E-state index >= 15 is 0 Å². The van der Waals surface area contributed by atoms with Crippen LogP contribution in [0.2, 0.25) is 12.6 Å². The van der Waals surface area contributed by atoms with Crippen molar-refractivity contribution in [3.63, 3.8) is 0 Å². The highest BCUT2D eigenvalue weighted by atomic mass is 28.4. The molecular weight excluding hydrogens is 250 g/mol. The van der Waals surface area contributed by atoms with E-state index in [0.29, 0.717) is 18.9 Å². The molecule has 5 nitrogen and oxygen atoms in total. The quantitative estimate of drug-likeness (QED) is 0.591. The number of rotatable bonds is 4. The van der Waals surface area contributed by atoms with Gasteiger partial charge >= 0.3 is 8.56 Å². The molecule has 1 unspecified atom stereocenters. The summed E-state index contributed by atoms with van der Waals surface area (Å²) >= 11 is 0. The molecule has 1 atom stereocenters. The first kappa shape index (κ1) is 15.3. The Balaban J connectivity index is 2.56. The molecule has 0 spiro atoms. The SMILES string of the molecule is CC(C)(C)N1C(=O)CC(CCC[Si](C)(O)O)C1=O. The van der Waals surface area contributed by atoms with Crippen LogP contribution in [0.1, 0.15) is 40.0 Å². The van der Waals surface area contributed by atoms with E-state index in [9.17, 15) is 19.2 Å². The summed E-state index contributed by atoms with van der Waals surface area (Å²) in [5.41, 5.74) is -0.472. The molecule has 2 N–H and O–H groups in total. The minimum absolute atomic E-state index is 0.119. The van der Waals surface area contributed by atoms with Crippen LogP contribution in [-0.4, -0.2) is 40.4 Å². The van der Waals surface area contributed by atoms with Crippen molar-refractivity contribution in [1.29, 1.82) is 0 Å². The molecule has 2 amide bonds. The summed E-state index contributed by atoms with van der Waals surface area (Å²) in [6, 6.07) is 0.348. The summed E-state index contributed by atoms with van der Waals surface area (Å²) in [4.78, 5) is 43.9. The molecule has 0 aliphatic carbocycles. The lowest BCUT2D eigenvalue weighted by atomic mass is 10.0. The van der Waals surface area contributed by atoms with E-state index in [1.807, 2.05) is 20.8 Å². The molecule has 1 aliphatic rings. The van der Waals surface area contributed by atoms with Crippen LogP contribution in [0.5, 0.6) is 0 Å². The molecule has 1 heterocycles. The summed E-state index contributed by atoms with van der Waals surface area (Å²) in [6.07, 6.45) is 1.39. The van der Waals surface area contributed by atoms with Crippen LogP contribution in [0.25, 0.3) is 0 Å². The maximum atomic E-state index is 12.1. The van der Waals surface area contributed by atoms with E-state index in [4.69, 9.17) is 0 Å². The van der Waals surface area contributed by atoms with Gasteiger partial charge < -0.3 is 9.59 Å². The van der Waals surface area contributed by atoms with Gasteiger partial charge in [0.15, 0.2) is 0 Å². The van der Waals surface area contributed by atoms with Crippen molar-refractivity contribution < 1.29 is 19.2 Å². The number of imide groups is 1. The van der Waals surface area contributed by atoms with Crippen LogP contribution in [0, 0.1) is 5.92 Å². The maximum Gasteiger partial charge on any atom is 0.329 e. The van der Waals surface area contributed by atoms with Crippen LogP contribution in [0.3, 0.4) is 0 Å². The number of carbonyl (C=O) groups is 2. The van der Waals surface area contributed by atoms with Crippen LogP contribution in [-0.2, 0) is 9.59 Å². The molecule has 0 bridgehead atoms. The fourth-order valence-electron chi connectivity index (χ4n) is 2.31. The third-order valence-corrected chi connectivity index (χ3v) is 4.41. The van der Waals surface area contributed by atoms with Crippen molar-refractivity contribution >= 4 is 20.4 Å². The minimum atomic E-state index is -3.03. The molecular formula is C12H23NO4Si. The zero-order chi connectivity index (χ0) is 14.1. The number of amides is 2. The Morgan fingerprint density at radius 1 is 1.33 bits per heavy atom. The Kier molecular flexibility index (Phi) is 4.35. The Hall–Kier alpha value is -0.723. The average Bonchev–Trinajstić information content (AvgIpc) is 2.38. The smallest absolute Gasteiger partial charge is 0.329 e. The van der Waals surface area contributed by atoms with Gasteiger partial charge in [-0.05, 0) is 39.8 Å². The normalized spacial score (nSPS) is 21.9. The topological polar surface area (TPSA) is 77.8 Å². The molecule has 104 valence electrons. The van der Waals surface area contributed by atoms with Gasteiger partial charge in [0.1, 0.15) is 0 Å². The molecule has 0 saturated carbocycles. The molecule has 0 radical (unpaired) electrons. The van der Waals surface area contributed by atoms with E-state index in [0.717, 1.165) is 0 Å². The van der Waals surface area contributed by atoms with E-state index < -0.39 is 14.1 Å². The number of hydrogen-bond donors (Lipinski definition) is 2. The highest BCUT2D eigenvalue weighted by molar-refractivity contribution is 6.63. The van der Waals surface area contributed by atoms with Gasteiger partial charge in [0, 0.05) is 17.9 Å². The number of hydrogen-bond acceptors (Lipinski definition) is 4. The third-order valence-electron chi connectivity index (χ3n) is 3.11. The number of nitrogens with zero attached hydrogens (tertiary/aromatic N) is 1. The van der Waals surface area contributed by atoms with E-state index in [2.05, 4.69) is 0 Å². The maximum absolute atomic E-state index is 12.1. The zero-order valence-corrected chi connectivity index (χ0v) is 12.6. The lowest BCUT2D eigenvalue weighted by Crippen LogP contribution is -2.45. The van der Waals surface area contributed by atoms with Gasteiger partial charge in [-0.1, -0.05) is 6.42 Å². The van der Waals surface area contributed by atoms with Gasteiger partial charge in [-0.3, -0.25) is 14.5 Å². The summed E-state index contributed by atoms with van der Waals surface area (Å²) in [5, 5.41) is 0. The van der Waals surface area contributed by atoms with Crippen LogP contribution in [0.4, 0.5) is 0 Å². The predicted molar refractivity (Wildman–Crippen MR) is 69.8 cm³/mol. The second-order valence-corrected chi connectivity index (χ2v) is 9.18. The van der Waals surface area contributed by atoms with Crippen molar-refractivity contribution in [2.75, 3.05) is 0 Å². The molecule has 1 saturated heterocycles. The fraction of sp³-hybridized carbons (Fsp3) is 0.833. The molecule has 1 rings (SSSR count). The third kappa shape index (κ3) is 3.89. The van der Waals surface area contributed by atoms with Gasteiger partial charge in [0.05, 0.1) is 0 Å². The largest absolute Gasteiger partial charge is 0.411 e. The first-order valence-electron chi connectivity index (χ1n) is 6.34. The van der Waals surface area contributed by atoms with Gasteiger partial charge in [0.25, 0.3) is 0 Å². The molecule has 18 heavy (non-hydrogen) atoms. The monoisotopic (exact) mass is 273 g/mol. The lowest BCUT2D eigenvalue weighted by Gasteiger charge is -2.30. The van der Waals surface area contributed by atoms with Crippen LogP contribution >= 0.6 is 0 Å². The van der Waals surface area contributed by atoms with Crippen molar-refractivity contribution in [3.8, 4) is 0 Å². The second kappa shape index (κ2) is 5.11. The lowest BCUT2D eigenvalue weighted by molar-refractivity contribution is -0.144. The first-order chi connectivity index (χ1) is 8.02. The van der Waals surface area contributed by atoms with Crippen LogP contribution < -0.4 is 0 Å². The Labute approximate surface area is 109 Å². The minimum Gasteiger partial charge on any atom is -0.411 e. The highest BCUT2D eigenvalue weighted by Gasteiger charge is 2.43. The first-order valence-corrected chi connectivity index (χ1v) is 8.94. The van der Waals surface area contributed by atoms with Crippen molar-refractivity contribution in [3.05, 3.63) is 0 Å². The van der Waals surface area contributed by atoms with Gasteiger partial charge in [-0.15, -0.1) is 0 Å². The fourth-order valence-corrected chi connectivity index (χ4v) is 3.18. The van der Waals surface area contributed by atoms with E-state index in [1.54, 1.807) is 0 Å². The summed E-state index contributed by atoms with van der Waals surface area (Å²) in [6.45, 7) is 6.99. The van der Waals surface area contributed by atoms with Crippen LogP contribution in [0.15, 0.2) is 0 Å². The summed E-state index contributed by atoms with van der Waals surface area (Å²) in [7, 11) is -3.03. The molecule has 0 aromatic heterocycles. The van der Waals surface area contributed by atoms with Gasteiger partial charge in [-0.25, -0.2) is 0 Å². The standard InChI is InChI=1S/C12H23NO4Si/c1-12(2,3)13-10(14)8-9(11(13)15)6-5-7-18(4,16)17/h9,16-17H,5-8H2,1-4H3. The Bertz CT molecular complexity index is 343. The van der Waals surface area contributed by atoms with E-state index in [-0.39, 0.29) is 24.2 Å². The van der Waals surface area contributed by atoms with Crippen molar-refractivity contribution in [2.24, 2.45) is 5.92 Å². The molecule has 1 fully saturated rings. The van der Waals surface area contributed by atoms with E-state index in [1.165, 1.54) is 11.4 Å². The molecule has 6 heteroatoms. The second-order valence-electron chi connectivity index (χ2n) is 6.25. The average molecular weight is 273 g/mol. The number of carbonyl (C=O) groups excluding carboxylic acids is 2. The molecule has 0 aromatic carbocycles. The van der Waals surface area contributed by atoms with Gasteiger partial charge in [0.2, 0.25) is 11.8 Å². The van der Waals surface area contributed by atoms with Crippen molar-refractivity contribution in [2.45, 2.75) is 58.2 Å². The Morgan fingerprint density at radius 2 is 1.89 bits per heavy atom. The molecule has 1 aliphatic heterocycles. The zero-order valence-electron chi connectivity index (χ0n) is 11.6. The van der Waals surface area contributed by atoms with Crippen molar-refractivity contribution in [1.82, 2.24) is 4.90 Å². The van der Waals surface area contributed by atoms with Gasteiger partial charge in [-0.2, -0.15) is 0 Å². The summed E-state index contributed by atoms with van der Waals surface area (Å²) < 4.78 is 0.